The van der Waals surface area contributed by atoms with Crippen molar-refractivity contribution in [2.45, 2.75) is 50.3 Å². The summed E-state index contributed by atoms with van der Waals surface area (Å²) in [6.45, 7) is 7.58. The SMILES string of the molecule is Cn1c(SCC2CCCO2)nnc1-c1ccc(C(C)(C)C)cc1. The molecule has 1 aliphatic heterocycles. The van der Waals surface area contributed by atoms with Crippen LogP contribution >= 0.6 is 11.8 Å². The summed E-state index contributed by atoms with van der Waals surface area (Å²) in [7, 11) is 2.03. The van der Waals surface area contributed by atoms with Crippen molar-refractivity contribution in [3.8, 4) is 11.4 Å². The van der Waals surface area contributed by atoms with Crippen LogP contribution in [-0.2, 0) is 17.2 Å². The standard InChI is InChI=1S/C18H25N3OS/c1-18(2,3)14-9-7-13(8-10-14)16-19-20-17(21(16)4)23-12-15-6-5-11-22-15/h7-10,15H,5-6,11-12H2,1-4H3. The van der Waals surface area contributed by atoms with Gasteiger partial charge in [0.25, 0.3) is 0 Å². The van der Waals surface area contributed by atoms with E-state index in [4.69, 9.17) is 4.74 Å². The largest absolute Gasteiger partial charge is 0.377 e. The first-order valence-electron chi connectivity index (χ1n) is 8.20. The molecule has 1 fully saturated rings. The number of hydrogen-bond donors (Lipinski definition) is 0. The van der Waals surface area contributed by atoms with Crippen LogP contribution in [0.5, 0.6) is 0 Å². The third kappa shape index (κ3) is 3.78. The molecular weight excluding hydrogens is 306 g/mol. The molecule has 1 saturated heterocycles. The zero-order valence-electron chi connectivity index (χ0n) is 14.4. The Bertz CT molecular complexity index is 652. The molecule has 3 rings (SSSR count). The van der Waals surface area contributed by atoms with E-state index in [1.165, 1.54) is 12.0 Å². The molecule has 0 bridgehead atoms. The number of aromatic nitrogens is 3. The van der Waals surface area contributed by atoms with E-state index in [2.05, 4.69) is 59.8 Å². The molecular formula is C18H25N3OS. The maximum Gasteiger partial charge on any atom is 0.191 e. The highest BCUT2D eigenvalue weighted by atomic mass is 32.2. The van der Waals surface area contributed by atoms with Crippen molar-refractivity contribution < 1.29 is 4.74 Å². The summed E-state index contributed by atoms with van der Waals surface area (Å²) in [5.41, 5.74) is 2.61. The molecule has 0 saturated carbocycles. The van der Waals surface area contributed by atoms with Crippen LogP contribution in [0, 0.1) is 0 Å². The number of rotatable bonds is 4. The van der Waals surface area contributed by atoms with Gasteiger partial charge in [0.15, 0.2) is 11.0 Å². The van der Waals surface area contributed by atoms with Crippen molar-refractivity contribution in [3.63, 3.8) is 0 Å². The maximum atomic E-state index is 5.67. The topological polar surface area (TPSA) is 39.9 Å². The van der Waals surface area contributed by atoms with Crippen LogP contribution in [0.1, 0.15) is 39.2 Å². The molecule has 4 nitrogen and oxygen atoms in total. The summed E-state index contributed by atoms with van der Waals surface area (Å²) in [6, 6.07) is 8.64. The second-order valence-corrected chi connectivity index (χ2v) is 8.13. The fourth-order valence-electron chi connectivity index (χ4n) is 2.75. The van der Waals surface area contributed by atoms with E-state index in [1.54, 1.807) is 11.8 Å². The lowest BCUT2D eigenvalue weighted by Gasteiger charge is -2.19. The van der Waals surface area contributed by atoms with E-state index in [1.807, 2.05) is 7.05 Å². The Morgan fingerprint density at radius 2 is 1.96 bits per heavy atom. The molecule has 23 heavy (non-hydrogen) atoms. The van der Waals surface area contributed by atoms with E-state index in [0.717, 1.165) is 35.3 Å². The minimum Gasteiger partial charge on any atom is -0.377 e. The first-order valence-corrected chi connectivity index (χ1v) is 9.18. The summed E-state index contributed by atoms with van der Waals surface area (Å²) in [5.74, 6) is 1.87. The lowest BCUT2D eigenvalue weighted by molar-refractivity contribution is 0.129. The molecule has 1 aromatic carbocycles. The monoisotopic (exact) mass is 331 g/mol. The van der Waals surface area contributed by atoms with E-state index in [9.17, 15) is 0 Å². The second-order valence-electron chi connectivity index (χ2n) is 7.14. The molecule has 5 heteroatoms. The predicted octanol–water partition coefficient (Wildman–Crippen LogP) is 4.05. The van der Waals surface area contributed by atoms with Crippen LogP contribution in [0.25, 0.3) is 11.4 Å². The van der Waals surface area contributed by atoms with Crippen LogP contribution in [0.3, 0.4) is 0 Å². The van der Waals surface area contributed by atoms with Gasteiger partial charge in [0.1, 0.15) is 0 Å². The number of benzene rings is 1. The highest BCUT2D eigenvalue weighted by molar-refractivity contribution is 7.99. The molecule has 1 unspecified atom stereocenters. The lowest BCUT2D eigenvalue weighted by atomic mass is 9.87. The van der Waals surface area contributed by atoms with Crippen LogP contribution in [0.4, 0.5) is 0 Å². The molecule has 0 N–H and O–H groups in total. The average molecular weight is 331 g/mol. The molecule has 0 spiro atoms. The Balaban J connectivity index is 1.73. The van der Waals surface area contributed by atoms with Gasteiger partial charge in [-0.05, 0) is 23.8 Å². The van der Waals surface area contributed by atoms with Crippen molar-refractivity contribution in [1.82, 2.24) is 14.8 Å². The molecule has 0 amide bonds. The summed E-state index contributed by atoms with van der Waals surface area (Å²) < 4.78 is 7.75. The molecule has 2 heterocycles. The smallest absolute Gasteiger partial charge is 0.191 e. The van der Waals surface area contributed by atoms with Crippen LogP contribution in [-0.4, -0.2) is 33.2 Å². The van der Waals surface area contributed by atoms with E-state index in [-0.39, 0.29) is 5.41 Å². The van der Waals surface area contributed by atoms with Gasteiger partial charge in [0, 0.05) is 25.0 Å². The molecule has 1 aliphatic rings. The van der Waals surface area contributed by atoms with Gasteiger partial charge < -0.3 is 9.30 Å². The van der Waals surface area contributed by atoms with E-state index < -0.39 is 0 Å². The highest BCUT2D eigenvalue weighted by Crippen LogP contribution is 2.28. The third-order valence-electron chi connectivity index (χ3n) is 4.27. The number of nitrogens with zero attached hydrogens (tertiary/aromatic N) is 3. The van der Waals surface area contributed by atoms with E-state index in [0.29, 0.717) is 6.10 Å². The minimum absolute atomic E-state index is 0.167. The summed E-state index contributed by atoms with van der Waals surface area (Å²) >= 11 is 1.73. The van der Waals surface area contributed by atoms with E-state index >= 15 is 0 Å². The van der Waals surface area contributed by atoms with Crippen molar-refractivity contribution in [2.24, 2.45) is 7.05 Å². The number of thioether (sulfide) groups is 1. The molecule has 0 radical (unpaired) electrons. The van der Waals surface area contributed by atoms with Crippen LogP contribution in [0.15, 0.2) is 29.4 Å². The van der Waals surface area contributed by atoms with Gasteiger partial charge in [-0.15, -0.1) is 10.2 Å². The van der Waals surface area contributed by atoms with Crippen LogP contribution < -0.4 is 0 Å². The normalized spacial score (nSPS) is 18.5. The molecule has 1 atom stereocenters. The van der Waals surface area contributed by atoms with Gasteiger partial charge in [-0.25, -0.2) is 0 Å². The molecule has 124 valence electrons. The van der Waals surface area contributed by atoms with Crippen molar-refractivity contribution in [3.05, 3.63) is 29.8 Å². The first-order chi connectivity index (χ1) is 10.9. The Kier molecular flexibility index (Phi) is 4.78. The van der Waals surface area contributed by atoms with Crippen molar-refractivity contribution in [1.29, 1.82) is 0 Å². The van der Waals surface area contributed by atoms with Crippen LogP contribution in [0.2, 0.25) is 0 Å². The zero-order valence-corrected chi connectivity index (χ0v) is 15.2. The highest BCUT2D eigenvalue weighted by Gasteiger charge is 2.19. The Morgan fingerprint density at radius 3 is 2.57 bits per heavy atom. The summed E-state index contributed by atoms with van der Waals surface area (Å²) in [5, 5.41) is 9.67. The van der Waals surface area contributed by atoms with Gasteiger partial charge in [-0.3, -0.25) is 0 Å². The van der Waals surface area contributed by atoms with Gasteiger partial charge in [-0.1, -0.05) is 56.8 Å². The summed E-state index contributed by atoms with van der Waals surface area (Å²) in [6.07, 6.45) is 2.70. The number of ether oxygens (including phenoxy) is 1. The minimum atomic E-state index is 0.167. The van der Waals surface area contributed by atoms with Gasteiger partial charge >= 0.3 is 0 Å². The lowest BCUT2D eigenvalue weighted by Crippen LogP contribution is -2.10. The predicted molar refractivity (Wildman–Crippen MR) is 94.8 cm³/mol. The molecule has 1 aromatic heterocycles. The van der Waals surface area contributed by atoms with Crippen molar-refractivity contribution in [2.75, 3.05) is 12.4 Å². The fourth-order valence-corrected chi connectivity index (χ4v) is 3.73. The Labute approximate surface area is 142 Å². The number of hydrogen-bond acceptors (Lipinski definition) is 4. The van der Waals surface area contributed by atoms with Gasteiger partial charge in [-0.2, -0.15) is 0 Å². The quantitative estimate of drug-likeness (QED) is 0.793. The van der Waals surface area contributed by atoms with Gasteiger partial charge in [0.2, 0.25) is 0 Å². The second kappa shape index (κ2) is 6.65. The maximum absolute atomic E-state index is 5.67. The third-order valence-corrected chi connectivity index (χ3v) is 5.42. The van der Waals surface area contributed by atoms with Crippen molar-refractivity contribution >= 4 is 11.8 Å². The van der Waals surface area contributed by atoms with Gasteiger partial charge in [0.05, 0.1) is 6.10 Å². The summed E-state index contributed by atoms with van der Waals surface area (Å²) in [4.78, 5) is 0. The fraction of sp³-hybridized carbons (Fsp3) is 0.556. The average Bonchev–Trinajstić information content (AvgIpc) is 3.14. The molecule has 2 aromatic rings. The Hall–Kier alpha value is -1.33. The molecule has 0 aliphatic carbocycles. The zero-order chi connectivity index (χ0) is 16.4. The Morgan fingerprint density at radius 1 is 1.22 bits per heavy atom. The first kappa shape index (κ1) is 16.5.